The maximum atomic E-state index is 12.9. The molecule has 3 rings (SSSR count). The molecule has 0 aliphatic heterocycles. The zero-order chi connectivity index (χ0) is 16.9. The van der Waals surface area contributed by atoms with Crippen LogP contribution in [0.15, 0.2) is 60.8 Å². The fraction of sp³-hybridized carbons (Fsp3) is 0.111. The number of aromatic nitrogens is 2. The second-order valence-electron chi connectivity index (χ2n) is 5.24. The predicted octanol–water partition coefficient (Wildman–Crippen LogP) is 3.39. The van der Waals surface area contributed by atoms with Crippen molar-refractivity contribution in [1.29, 1.82) is 0 Å². The van der Waals surface area contributed by atoms with Crippen LogP contribution in [0.4, 0.5) is 10.2 Å². The Morgan fingerprint density at radius 2 is 1.92 bits per heavy atom. The van der Waals surface area contributed by atoms with E-state index in [0.29, 0.717) is 17.1 Å². The zero-order valence-electron chi connectivity index (χ0n) is 13.1. The van der Waals surface area contributed by atoms with E-state index < -0.39 is 0 Å². The Kier molecular flexibility index (Phi) is 4.56. The number of para-hydroxylation sites is 1. The van der Waals surface area contributed by atoms with Gasteiger partial charge in [0.25, 0.3) is 5.91 Å². The summed E-state index contributed by atoms with van der Waals surface area (Å²) in [5.41, 5.74) is 1.22. The predicted molar refractivity (Wildman–Crippen MR) is 88.3 cm³/mol. The van der Waals surface area contributed by atoms with Gasteiger partial charge in [-0.05, 0) is 29.8 Å². The van der Waals surface area contributed by atoms with Crippen molar-refractivity contribution in [2.75, 3.05) is 5.32 Å². The van der Waals surface area contributed by atoms with E-state index >= 15 is 0 Å². The van der Waals surface area contributed by atoms with Gasteiger partial charge in [-0.2, -0.15) is 5.10 Å². The van der Waals surface area contributed by atoms with E-state index in [0.717, 1.165) is 5.56 Å². The van der Waals surface area contributed by atoms with Gasteiger partial charge in [0.1, 0.15) is 18.2 Å². The van der Waals surface area contributed by atoms with Crippen molar-refractivity contribution in [2.24, 2.45) is 7.05 Å². The van der Waals surface area contributed by atoms with Crippen LogP contribution in [0.5, 0.6) is 5.75 Å². The average molecular weight is 325 g/mol. The number of amides is 1. The van der Waals surface area contributed by atoms with Gasteiger partial charge in [-0.25, -0.2) is 4.39 Å². The first-order valence-corrected chi connectivity index (χ1v) is 7.39. The van der Waals surface area contributed by atoms with Crippen LogP contribution in [0.3, 0.4) is 0 Å². The summed E-state index contributed by atoms with van der Waals surface area (Å²) in [5, 5.41) is 6.84. The molecule has 0 unspecified atom stereocenters. The SMILES string of the molecule is Cn1ccc(NC(=O)c2ccccc2OCc2ccc(F)cc2)n1. The molecule has 24 heavy (non-hydrogen) atoms. The van der Waals surface area contributed by atoms with Crippen molar-refractivity contribution in [3.05, 3.63) is 77.7 Å². The van der Waals surface area contributed by atoms with Crippen LogP contribution in [0.2, 0.25) is 0 Å². The van der Waals surface area contributed by atoms with Crippen LogP contribution in [0, 0.1) is 5.82 Å². The molecule has 6 heteroatoms. The first kappa shape index (κ1) is 15.7. The first-order chi connectivity index (χ1) is 11.6. The van der Waals surface area contributed by atoms with E-state index in [1.54, 1.807) is 60.4 Å². The molecule has 0 radical (unpaired) electrons. The summed E-state index contributed by atoms with van der Waals surface area (Å²) in [4.78, 5) is 12.4. The van der Waals surface area contributed by atoms with Gasteiger partial charge >= 0.3 is 0 Å². The summed E-state index contributed by atoms with van der Waals surface area (Å²) in [6, 6.07) is 14.7. The molecule has 122 valence electrons. The van der Waals surface area contributed by atoms with Gasteiger partial charge in [-0.15, -0.1) is 0 Å². The quantitative estimate of drug-likeness (QED) is 0.782. The largest absolute Gasteiger partial charge is 0.488 e. The van der Waals surface area contributed by atoms with E-state index in [1.165, 1.54) is 12.1 Å². The monoisotopic (exact) mass is 325 g/mol. The van der Waals surface area contributed by atoms with Crippen LogP contribution in [0.25, 0.3) is 0 Å². The van der Waals surface area contributed by atoms with E-state index in [4.69, 9.17) is 4.74 Å². The van der Waals surface area contributed by atoms with E-state index in [9.17, 15) is 9.18 Å². The third kappa shape index (κ3) is 3.78. The number of rotatable bonds is 5. The number of nitrogens with zero attached hydrogens (tertiary/aromatic N) is 2. The van der Waals surface area contributed by atoms with Crippen LogP contribution in [0.1, 0.15) is 15.9 Å². The second kappa shape index (κ2) is 6.95. The number of carbonyl (C=O) groups excluding carboxylic acids is 1. The lowest BCUT2D eigenvalue weighted by Crippen LogP contribution is -2.14. The molecule has 0 aliphatic carbocycles. The minimum atomic E-state index is -0.302. The Labute approximate surface area is 138 Å². The average Bonchev–Trinajstić information content (AvgIpc) is 2.99. The van der Waals surface area contributed by atoms with Gasteiger partial charge in [-0.3, -0.25) is 9.48 Å². The zero-order valence-corrected chi connectivity index (χ0v) is 13.1. The Morgan fingerprint density at radius 3 is 2.62 bits per heavy atom. The van der Waals surface area contributed by atoms with Crippen LogP contribution in [-0.4, -0.2) is 15.7 Å². The molecule has 1 N–H and O–H groups in total. The van der Waals surface area contributed by atoms with E-state index in [-0.39, 0.29) is 18.3 Å². The molecule has 1 aromatic heterocycles. The maximum absolute atomic E-state index is 12.9. The number of anilines is 1. The van der Waals surface area contributed by atoms with Crippen molar-refractivity contribution in [1.82, 2.24) is 9.78 Å². The lowest BCUT2D eigenvalue weighted by Gasteiger charge is -2.11. The number of aryl methyl sites for hydroxylation is 1. The van der Waals surface area contributed by atoms with Gasteiger partial charge in [0, 0.05) is 19.3 Å². The van der Waals surface area contributed by atoms with Crippen molar-refractivity contribution in [3.8, 4) is 5.75 Å². The molecule has 3 aromatic rings. The van der Waals surface area contributed by atoms with Crippen LogP contribution < -0.4 is 10.1 Å². The molecule has 0 aliphatic rings. The van der Waals surface area contributed by atoms with E-state index in [1.807, 2.05) is 0 Å². The molecule has 0 bridgehead atoms. The number of nitrogens with one attached hydrogen (secondary N) is 1. The van der Waals surface area contributed by atoms with Gasteiger partial charge in [0.15, 0.2) is 5.82 Å². The van der Waals surface area contributed by atoms with Gasteiger partial charge in [0.05, 0.1) is 5.56 Å². The fourth-order valence-electron chi connectivity index (χ4n) is 2.19. The van der Waals surface area contributed by atoms with Crippen molar-refractivity contribution >= 4 is 11.7 Å². The minimum Gasteiger partial charge on any atom is -0.488 e. The highest BCUT2D eigenvalue weighted by atomic mass is 19.1. The third-order valence-electron chi connectivity index (χ3n) is 3.39. The molecule has 1 amide bonds. The number of hydrogen-bond donors (Lipinski definition) is 1. The topological polar surface area (TPSA) is 56.2 Å². The Hall–Kier alpha value is -3.15. The summed E-state index contributed by atoms with van der Waals surface area (Å²) < 4.78 is 20.2. The van der Waals surface area contributed by atoms with Gasteiger partial charge in [-0.1, -0.05) is 24.3 Å². The molecular formula is C18H16FN3O2. The Morgan fingerprint density at radius 1 is 1.17 bits per heavy atom. The second-order valence-corrected chi connectivity index (χ2v) is 5.24. The molecule has 0 atom stereocenters. The summed E-state index contributed by atoms with van der Waals surface area (Å²) >= 11 is 0. The summed E-state index contributed by atoms with van der Waals surface area (Å²) in [7, 11) is 1.77. The number of hydrogen-bond acceptors (Lipinski definition) is 3. The number of benzene rings is 2. The number of halogens is 1. The smallest absolute Gasteiger partial charge is 0.260 e. The Balaban J connectivity index is 1.72. The van der Waals surface area contributed by atoms with Crippen LogP contribution >= 0.6 is 0 Å². The summed E-state index contributed by atoms with van der Waals surface area (Å²) in [5.74, 6) is 0.323. The summed E-state index contributed by atoms with van der Waals surface area (Å²) in [6.07, 6.45) is 1.74. The molecule has 0 saturated carbocycles. The normalized spacial score (nSPS) is 10.4. The van der Waals surface area contributed by atoms with Crippen molar-refractivity contribution in [3.63, 3.8) is 0 Å². The highest BCUT2D eigenvalue weighted by Gasteiger charge is 2.13. The summed E-state index contributed by atoms with van der Waals surface area (Å²) in [6.45, 7) is 0.244. The number of carbonyl (C=O) groups is 1. The highest BCUT2D eigenvalue weighted by molar-refractivity contribution is 6.05. The number of ether oxygens (including phenoxy) is 1. The van der Waals surface area contributed by atoms with Crippen molar-refractivity contribution < 1.29 is 13.9 Å². The molecule has 1 heterocycles. The standard InChI is InChI=1S/C18H16FN3O2/c1-22-11-10-17(21-22)20-18(23)15-4-2-3-5-16(15)24-12-13-6-8-14(19)9-7-13/h2-11H,12H2,1H3,(H,20,21,23). The van der Waals surface area contributed by atoms with Crippen molar-refractivity contribution in [2.45, 2.75) is 6.61 Å². The lowest BCUT2D eigenvalue weighted by atomic mass is 10.2. The Bertz CT molecular complexity index is 843. The first-order valence-electron chi connectivity index (χ1n) is 7.39. The minimum absolute atomic E-state index is 0.244. The molecule has 0 saturated heterocycles. The highest BCUT2D eigenvalue weighted by Crippen LogP contribution is 2.20. The molecule has 0 spiro atoms. The lowest BCUT2D eigenvalue weighted by molar-refractivity contribution is 0.102. The molecule has 2 aromatic carbocycles. The van der Waals surface area contributed by atoms with E-state index in [2.05, 4.69) is 10.4 Å². The fourth-order valence-corrected chi connectivity index (χ4v) is 2.19. The van der Waals surface area contributed by atoms with Gasteiger partial charge in [0.2, 0.25) is 0 Å². The molecule has 0 fully saturated rings. The third-order valence-corrected chi connectivity index (χ3v) is 3.39. The van der Waals surface area contributed by atoms with Gasteiger partial charge < -0.3 is 10.1 Å². The molecule has 5 nitrogen and oxygen atoms in total. The van der Waals surface area contributed by atoms with Crippen LogP contribution in [-0.2, 0) is 13.7 Å². The maximum Gasteiger partial charge on any atom is 0.260 e. The molecular weight excluding hydrogens is 309 g/mol.